The number of aryl methyl sites for hydroxylation is 4. The number of benzene rings is 2. The molecule has 0 spiro atoms. The van der Waals surface area contributed by atoms with Crippen molar-refractivity contribution in [1.82, 2.24) is 0 Å². The average molecular weight is 317 g/mol. The topological polar surface area (TPSA) is 54.4 Å². The van der Waals surface area contributed by atoms with Gasteiger partial charge in [-0.25, -0.2) is 0 Å². The molecule has 2 aromatic carbocycles. The van der Waals surface area contributed by atoms with E-state index in [1.807, 2.05) is 45.9 Å². The highest BCUT2D eigenvalue weighted by atomic mass is 31.0. The SMILES string of the molecule is CCc1cccc(O)c1C(=O)c1c(C)cc(C)cc1C.O=[PH2+]. The van der Waals surface area contributed by atoms with Crippen molar-refractivity contribution in [3.63, 3.8) is 0 Å². The zero-order chi connectivity index (χ0) is 16.9. The first-order valence-electron chi connectivity index (χ1n) is 7.12. The first-order chi connectivity index (χ1) is 10.5. The summed E-state index contributed by atoms with van der Waals surface area (Å²) in [5.74, 6) is -0.0244. The molecular formula is C18H22O3P+. The number of phenolic OH excluding ortho intramolecular Hbond substituents is 1. The lowest BCUT2D eigenvalue weighted by Gasteiger charge is -2.14. The van der Waals surface area contributed by atoms with Gasteiger partial charge in [-0.3, -0.25) is 4.79 Å². The summed E-state index contributed by atoms with van der Waals surface area (Å²) in [5.41, 5.74) is 5.08. The van der Waals surface area contributed by atoms with Gasteiger partial charge in [0.05, 0.1) is 5.56 Å². The average Bonchev–Trinajstić information content (AvgIpc) is 2.47. The van der Waals surface area contributed by atoms with Crippen molar-refractivity contribution in [3.8, 4) is 5.75 Å². The molecule has 0 radical (unpaired) electrons. The van der Waals surface area contributed by atoms with Crippen molar-refractivity contribution in [3.05, 3.63) is 63.7 Å². The molecule has 1 unspecified atom stereocenters. The Hall–Kier alpha value is -1.99. The molecule has 4 heteroatoms. The molecule has 0 aromatic heterocycles. The van der Waals surface area contributed by atoms with E-state index in [0.717, 1.165) is 28.7 Å². The summed E-state index contributed by atoms with van der Waals surface area (Å²) < 4.78 is 8.17. The molecule has 22 heavy (non-hydrogen) atoms. The van der Waals surface area contributed by atoms with Gasteiger partial charge in [0.1, 0.15) is 5.75 Å². The van der Waals surface area contributed by atoms with E-state index in [9.17, 15) is 9.90 Å². The van der Waals surface area contributed by atoms with Crippen LogP contribution in [0.15, 0.2) is 30.3 Å². The fourth-order valence-corrected chi connectivity index (χ4v) is 2.81. The fraction of sp³-hybridized carbons (Fsp3) is 0.278. The summed E-state index contributed by atoms with van der Waals surface area (Å²) in [4.78, 5) is 12.8. The van der Waals surface area contributed by atoms with Gasteiger partial charge < -0.3 is 5.11 Å². The van der Waals surface area contributed by atoms with E-state index >= 15 is 0 Å². The van der Waals surface area contributed by atoms with Gasteiger partial charge >= 0.3 is 9.12 Å². The van der Waals surface area contributed by atoms with E-state index in [-0.39, 0.29) is 11.5 Å². The van der Waals surface area contributed by atoms with E-state index in [4.69, 9.17) is 4.57 Å². The molecular weight excluding hydrogens is 295 g/mol. The Morgan fingerprint density at radius 3 is 2.09 bits per heavy atom. The number of hydrogen-bond acceptors (Lipinski definition) is 3. The van der Waals surface area contributed by atoms with Crippen molar-refractivity contribution in [2.24, 2.45) is 0 Å². The van der Waals surface area contributed by atoms with Gasteiger partial charge in [-0.15, -0.1) is 0 Å². The lowest BCUT2D eigenvalue weighted by Crippen LogP contribution is -2.09. The summed E-state index contributed by atoms with van der Waals surface area (Å²) in [5, 5.41) is 10.1. The van der Waals surface area contributed by atoms with Crippen LogP contribution in [-0.2, 0) is 11.0 Å². The number of carbonyl (C=O) groups excluding carboxylic acids is 1. The Morgan fingerprint density at radius 1 is 1.05 bits per heavy atom. The van der Waals surface area contributed by atoms with Crippen LogP contribution in [0.25, 0.3) is 0 Å². The van der Waals surface area contributed by atoms with E-state index in [2.05, 4.69) is 0 Å². The van der Waals surface area contributed by atoms with Crippen molar-refractivity contribution < 1.29 is 14.5 Å². The minimum atomic E-state index is -0.0880. The molecule has 0 saturated heterocycles. The first-order valence-corrected chi connectivity index (χ1v) is 7.59. The number of rotatable bonds is 3. The third-order valence-corrected chi connectivity index (χ3v) is 3.64. The van der Waals surface area contributed by atoms with Crippen LogP contribution in [0.1, 0.15) is 45.1 Å². The Bertz CT molecular complexity index is 670. The molecule has 0 amide bonds. The molecule has 1 atom stereocenters. The second-order valence-corrected chi connectivity index (χ2v) is 5.27. The van der Waals surface area contributed by atoms with Crippen LogP contribution in [-0.4, -0.2) is 10.9 Å². The van der Waals surface area contributed by atoms with Crippen molar-refractivity contribution in [1.29, 1.82) is 0 Å². The highest BCUT2D eigenvalue weighted by Gasteiger charge is 2.20. The lowest BCUT2D eigenvalue weighted by atomic mass is 9.90. The minimum absolute atomic E-state index is 0.0636. The molecule has 3 nitrogen and oxygen atoms in total. The van der Waals surface area contributed by atoms with Crippen LogP contribution < -0.4 is 0 Å². The lowest BCUT2D eigenvalue weighted by molar-refractivity contribution is 0.103. The van der Waals surface area contributed by atoms with Crippen LogP contribution in [0.5, 0.6) is 5.75 Å². The predicted molar refractivity (Wildman–Crippen MR) is 92.0 cm³/mol. The largest absolute Gasteiger partial charge is 0.507 e. The minimum Gasteiger partial charge on any atom is -0.507 e. The van der Waals surface area contributed by atoms with Gasteiger partial charge in [-0.05, 0) is 49.9 Å². The van der Waals surface area contributed by atoms with Gasteiger partial charge in [0.2, 0.25) is 0 Å². The summed E-state index contributed by atoms with van der Waals surface area (Å²) in [6.07, 6.45) is 0.722. The molecule has 0 saturated carbocycles. The van der Waals surface area contributed by atoms with Crippen LogP contribution >= 0.6 is 9.12 Å². The normalized spacial score (nSPS) is 9.82. The van der Waals surface area contributed by atoms with Crippen LogP contribution in [0.2, 0.25) is 0 Å². The Morgan fingerprint density at radius 2 is 1.59 bits per heavy atom. The van der Waals surface area contributed by atoms with E-state index < -0.39 is 0 Å². The van der Waals surface area contributed by atoms with Gasteiger partial charge in [0.25, 0.3) is 0 Å². The van der Waals surface area contributed by atoms with Crippen molar-refractivity contribution in [2.45, 2.75) is 34.1 Å². The second kappa shape index (κ2) is 7.86. The quantitative estimate of drug-likeness (QED) is 0.677. The summed E-state index contributed by atoms with van der Waals surface area (Å²) in [6, 6.07) is 9.26. The maximum Gasteiger partial charge on any atom is 0.310 e. The summed E-state index contributed by atoms with van der Waals surface area (Å²) in [6.45, 7) is 7.89. The molecule has 2 aromatic rings. The van der Waals surface area contributed by atoms with Crippen molar-refractivity contribution in [2.75, 3.05) is 0 Å². The van der Waals surface area contributed by atoms with Crippen LogP contribution in [0.3, 0.4) is 0 Å². The number of aromatic hydroxyl groups is 1. The third-order valence-electron chi connectivity index (χ3n) is 3.64. The van der Waals surface area contributed by atoms with Crippen molar-refractivity contribution >= 4 is 14.9 Å². The zero-order valence-corrected chi connectivity index (χ0v) is 14.6. The smallest absolute Gasteiger partial charge is 0.310 e. The fourth-order valence-electron chi connectivity index (χ4n) is 2.81. The maximum absolute atomic E-state index is 12.8. The molecule has 116 valence electrons. The number of carbonyl (C=O) groups is 1. The number of hydrogen-bond donors (Lipinski definition) is 1. The monoisotopic (exact) mass is 317 g/mol. The van der Waals surface area contributed by atoms with Crippen LogP contribution in [0, 0.1) is 20.8 Å². The van der Waals surface area contributed by atoms with Gasteiger partial charge in [-0.2, -0.15) is 0 Å². The Labute approximate surface area is 133 Å². The standard InChI is InChI=1S/C18H20O2.H2OP/c1-5-14-7-6-8-15(19)17(14)18(20)16-12(3)9-11(2)10-13(16)4;1-2/h6-10,19H,5H2,1-4H3;2H2/q;+1. The molecule has 0 bridgehead atoms. The zero-order valence-electron chi connectivity index (χ0n) is 13.4. The van der Waals surface area contributed by atoms with Gasteiger partial charge in [0, 0.05) is 5.56 Å². The van der Waals surface area contributed by atoms with Gasteiger partial charge in [-0.1, -0.05) is 41.3 Å². The molecule has 0 heterocycles. The van der Waals surface area contributed by atoms with E-state index in [1.165, 1.54) is 9.12 Å². The summed E-state index contributed by atoms with van der Waals surface area (Å²) >= 11 is 0. The Kier molecular flexibility index (Phi) is 6.45. The van der Waals surface area contributed by atoms with E-state index in [0.29, 0.717) is 11.1 Å². The first kappa shape index (κ1) is 18.1. The highest BCUT2D eigenvalue weighted by Crippen LogP contribution is 2.28. The Balaban J connectivity index is 0.00000116. The third kappa shape index (κ3) is 3.61. The molecule has 0 aliphatic heterocycles. The molecule has 0 aliphatic rings. The molecule has 1 N–H and O–H groups in total. The number of phenols is 1. The second-order valence-electron chi connectivity index (χ2n) is 5.27. The van der Waals surface area contributed by atoms with Gasteiger partial charge in [0.15, 0.2) is 5.78 Å². The molecule has 2 rings (SSSR count). The van der Waals surface area contributed by atoms with E-state index in [1.54, 1.807) is 12.1 Å². The predicted octanol–water partition coefficient (Wildman–Crippen LogP) is 4.32. The van der Waals surface area contributed by atoms with Crippen LogP contribution in [0.4, 0.5) is 0 Å². The molecule has 0 fully saturated rings. The summed E-state index contributed by atoms with van der Waals surface area (Å²) in [7, 11) is 1.17. The number of ketones is 1. The highest BCUT2D eigenvalue weighted by molar-refractivity contribution is 7.00. The molecule has 0 aliphatic carbocycles. The maximum atomic E-state index is 12.8.